The van der Waals surface area contributed by atoms with Crippen molar-refractivity contribution in [3.63, 3.8) is 0 Å². The summed E-state index contributed by atoms with van der Waals surface area (Å²) in [6.45, 7) is 1.71. The fraction of sp³-hybridized carbons (Fsp3) is 0.0909. The predicted molar refractivity (Wildman–Crippen MR) is 122 cm³/mol. The van der Waals surface area contributed by atoms with Gasteiger partial charge in [-0.3, -0.25) is 9.36 Å². The number of nitriles is 1. The number of hydrogen-bond acceptors (Lipinski definition) is 9. The van der Waals surface area contributed by atoms with Gasteiger partial charge in [0.15, 0.2) is 5.82 Å². The Balaban J connectivity index is 1.97. The number of carboxylic acids is 1. The first-order valence-corrected chi connectivity index (χ1v) is 9.75. The number of para-hydroxylation sites is 1. The SMILES string of the molecule is C[C@H](Nc1nc(N)nc(N)c1C#N)c1nc2cccc(C(=O)O)c2c(=O)n1-c1ccccc1. The molecule has 0 bridgehead atoms. The number of rotatable bonds is 5. The van der Waals surface area contributed by atoms with Gasteiger partial charge in [0.25, 0.3) is 5.56 Å². The smallest absolute Gasteiger partial charge is 0.336 e. The maximum Gasteiger partial charge on any atom is 0.336 e. The zero-order valence-corrected chi connectivity index (χ0v) is 17.4. The van der Waals surface area contributed by atoms with Crippen LogP contribution in [-0.2, 0) is 0 Å². The van der Waals surface area contributed by atoms with Gasteiger partial charge in [0, 0.05) is 0 Å². The zero-order chi connectivity index (χ0) is 23.7. The summed E-state index contributed by atoms with van der Waals surface area (Å²) in [5.41, 5.74) is 11.5. The Bertz CT molecular complexity index is 1490. The summed E-state index contributed by atoms with van der Waals surface area (Å²) in [6.07, 6.45) is 0. The van der Waals surface area contributed by atoms with Gasteiger partial charge >= 0.3 is 5.97 Å². The number of hydrogen-bond donors (Lipinski definition) is 4. The lowest BCUT2D eigenvalue weighted by Gasteiger charge is -2.21. The summed E-state index contributed by atoms with van der Waals surface area (Å²) in [5.74, 6) is -1.09. The molecule has 0 amide bonds. The predicted octanol–water partition coefficient (Wildman–Crippen LogP) is 2.08. The number of anilines is 3. The normalized spacial score (nSPS) is 11.6. The first-order valence-electron chi connectivity index (χ1n) is 9.75. The van der Waals surface area contributed by atoms with Crippen LogP contribution in [0.15, 0.2) is 53.3 Å². The van der Waals surface area contributed by atoms with E-state index < -0.39 is 17.6 Å². The van der Waals surface area contributed by atoms with Crippen LogP contribution in [0.1, 0.15) is 34.7 Å². The van der Waals surface area contributed by atoms with Crippen molar-refractivity contribution in [1.29, 1.82) is 5.26 Å². The van der Waals surface area contributed by atoms with Crippen molar-refractivity contribution in [3.8, 4) is 11.8 Å². The third-order valence-electron chi connectivity index (χ3n) is 4.97. The Labute approximate surface area is 187 Å². The van der Waals surface area contributed by atoms with Gasteiger partial charge in [-0.1, -0.05) is 24.3 Å². The minimum Gasteiger partial charge on any atom is -0.478 e. The zero-order valence-electron chi connectivity index (χ0n) is 17.4. The van der Waals surface area contributed by atoms with Crippen LogP contribution in [0.5, 0.6) is 0 Å². The van der Waals surface area contributed by atoms with Crippen LogP contribution in [0.25, 0.3) is 16.6 Å². The molecule has 33 heavy (non-hydrogen) atoms. The molecule has 4 aromatic rings. The molecular weight excluding hydrogens is 424 g/mol. The molecule has 6 N–H and O–H groups in total. The molecule has 0 spiro atoms. The van der Waals surface area contributed by atoms with Gasteiger partial charge in [0.05, 0.1) is 28.2 Å². The van der Waals surface area contributed by atoms with Crippen LogP contribution in [0.4, 0.5) is 17.6 Å². The molecule has 2 heterocycles. The fourth-order valence-electron chi connectivity index (χ4n) is 3.52. The molecule has 0 aliphatic rings. The van der Waals surface area contributed by atoms with Crippen LogP contribution in [0.3, 0.4) is 0 Å². The molecule has 0 fully saturated rings. The highest BCUT2D eigenvalue weighted by molar-refractivity contribution is 6.02. The summed E-state index contributed by atoms with van der Waals surface area (Å²) in [6, 6.07) is 14.4. The maximum atomic E-state index is 13.6. The van der Waals surface area contributed by atoms with E-state index in [-0.39, 0.29) is 45.4 Å². The maximum absolute atomic E-state index is 13.6. The van der Waals surface area contributed by atoms with Crippen molar-refractivity contribution in [2.45, 2.75) is 13.0 Å². The molecule has 0 unspecified atom stereocenters. The van der Waals surface area contributed by atoms with Gasteiger partial charge in [-0.15, -0.1) is 0 Å². The Morgan fingerprint density at radius 3 is 2.52 bits per heavy atom. The van der Waals surface area contributed by atoms with Crippen molar-refractivity contribution in [2.75, 3.05) is 16.8 Å². The third kappa shape index (κ3) is 3.77. The average molecular weight is 442 g/mol. The molecule has 0 aliphatic carbocycles. The van der Waals surface area contributed by atoms with E-state index in [2.05, 4.69) is 20.3 Å². The van der Waals surface area contributed by atoms with Crippen LogP contribution >= 0.6 is 0 Å². The van der Waals surface area contributed by atoms with Gasteiger partial charge in [-0.05, 0) is 31.2 Å². The van der Waals surface area contributed by atoms with Gasteiger partial charge in [0.2, 0.25) is 5.95 Å². The van der Waals surface area contributed by atoms with Gasteiger partial charge < -0.3 is 21.9 Å². The monoisotopic (exact) mass is 442 g/mol. The number of carboxylic acid groups (broad SMARTS) is 1. The summed E-state index contributed by atoms with van der Waals surface area (Å²) in [5, 5.41) is 22.1. The summed E-state index contributed by atoms with van der Waals surface area (Å²) >= 11 is 0. The molecule has 2 aromatic carbocycles. The Hall–Kier alpha value is -4.98. The quantitative estimate of drug-likeness (QED) is 0.356. The van der Waals surface area contributed by atoms with Crippen LogP contribution in [-0.4, -0.2) is 30.6 Å². The number of aromatic nitrogens is 4. The lowest BCUT2D eigenvalue weighted by atomic mass is 10.1. The van der Waals surface area contributed by atoms with Gasteiger partial charge in [0.1, 0.15) is 23.3 Å². The third-order valence-corrected chi connectivity index (χ3v) is 4.97. The molecule has 11 heteroatoms. The van der Waals surface area contributed by atoms with Crippen LogP contribution in [0, 0.1) is 11.3 Å². The largest absolute Gasteiger partial charge is 0.478 e. The lowest BCUT2D eigenvalue weighted by molar-refractivity contribution is 0.0699. The van der Waals surface area contributed by atoms with Crippen molar-refractivity contribution in [3.05, 3.63) is 75.8 Å². The minimum absolute atomic E-state index is 0.00129. The van der Waals surface area contributed by atoms with E-state index in [4.69, 9.17) is 11.5 Å². The summed E-state index contributed by atoms with van der Waals surface area (Å²) < 4.78 is 1.33. The van der Waals surface area contributed by atoms with E-state index >= 15 is 0 Å². The number of benzene rings is 2. The van der Waals surface area contributed by atoms with Crippen LogP contribution in [0.2, 0.25) is 0 Å². The van der Waals surface area contributed by atoms with E-state index in [9.17, 15) is 20.0 Å². The first kappa shape index (κ1) is 21.3. The second kappa shape index (κ2) is 8.27. The number of fused-ring (bicyclic) bond motifs is 1. The highest BCUT2D eigenvalue weighted by atomic mass is 16.4. The molecule has 1 atom stereocenters. The number of nitrogens with zero attached hydrogens (tertiary/aromatic N) is 5. The Kier molecular flexibility index (Phi) is 5.33. The first-order chi connectivity index (χ1) is 15.8. The van der Waals surface area contributed by atoms with E-state index in [1.54, 1.807) is 43.3 Å². The molecule has 0 radical (unpaired) electrons. The number of nitrogens with two attached hydrogens (primary N) is 2. The molecule has 4 rings (SSSR count). The highest BCUT2D eigenvalue weighted by Gasteiger charge is 2.23. The molecule has 2 aromatic heterocycles. The number of nitrogen functional groups attached to an aromatic ring is 2. The Morgan fingerprint density at radius 1 is 1.12 bits per heavy atom. The second-order valence-corrected chi connectivity index (χ2v) is 7.12. The summed E-state index contributed by atoms with van der Waals surface area (Å²) in [4.78, 5) is 37.8. The van der Waals surface area contributed by atoms with Gasteiger partial charge in [-0.2, -0.15) is 15.2 Å². The molecule has 11 nitrogen and oxygen atoms in total. The van der Waals surface area contributed by atoms with Crippen molar-refractivity contribution in [2.24, 2.45) is 0 Å². The van der Waals surface area contributed by atoms with Crippen molar-refractivity contribution < 1.29 is 9.90 Å². The fourth-order valence-corrected chi connectivity index (χ4v) is 3.52. The minimum atomic E-state index is -1.23. The van der Waals surface area contributed by atoms with Crippen molar-refractivity contribution in [1.82, 2.24) is 19.5 Å². The molecule has 0 saturated carbocycles. The van der Waals surface area contributed by atoms with E-state index in [0.29, 0.717) is 5.69 Å². The number of nitrogens with one attached hydrogen (secondary N) is 1. The Morgan fingerprint density at radius 2 is 1.85 bits per heavy atom. The molecule has 0 aliphatic heterocycles. The molecule has 0 saturated heterocycles. The second-order valence-electron chi connectivity index (χ2n) is 7.12. The number of carbonyl (C=O) groups is 1. The lowest BCUT2D eigenvalue weighted by Crippen LogP contribution is -2.28. The average Bonchev–Trinajstić information content (AvgIpc) is 2.78. The topological polar surface area (TPSA) is 186 Å². The van der Waals surface area contributed by atoms with Crippen molar-refractivity contribution >= 4 is 34.5 Å². The summed E-state index contributed by atoms with van der Waals surface area (Å²) in [7, 11) is 0. The molecule has 164 valence electrons. The number of aromatic carboxylic acids is 1. The standard InChI is InChI=1S/C22H18N8O3/c1-11(26-18-14(10-23)17(24)28-22(25)29-18)19-27-15-9-5-8-13(21(32)33)16(15)20(31)30(19)12-6-3-2-4-7-12/h2-9,11H,1H3,(H,32,33)(H5,24,25,26,28,29)/t11-/m0/s1. The van der Waals surface area contributed by atoms with E-state index in [1.165, 1.54) is 16.7 Å². The highest BCUT2D eigenvalue weighted by Crippen LogP contribution is 2.25. The molecular formula is C22H18N8O3. The van der Waals surface area contributed by atoms with Gasteiger partial charge in [-0.25, -0.2) is 9.78 Å². The van der Waals surface area contributed by atoms with Crippen LogP contribution < -0.4 is 22.3 Å². The van der Waals surface area contributed by atoms with E-state index in [1.807, 2.05) is 6.07 Å². The van der Waals surface area contributed by atoms with E-state index in [0.717, 1.165) is 0 Å².